The Balaban J connectivity index is 1.49. The van der Waals surface area contributed by atoms with Crippen LogP contribution in [0.5, 0.6) is 0 Å². The first-order valence-corrected chi connectivity index (χ1v) is 5.91. The number of piperidine rings is 1. The molecule has 1 aliphatic heterocycles. The van der Waals surface area contributed by atoms with Crippen molar-refractivity contribution >= 4 is 6.09 Å². The number of ether oxygens (including phenoxy) is 1. The van der Waals surface area contributed by atoms with E-state index in [-0.39, 0.29) is 18.2 Å². The smallest absolute Gasteiger partial charge is 0.410 e. The first-order valence-electron chi connectivity index (χ1n) is 5.91. The van der Waals surface area contributed by atoms with E-state index in [1.807, 2.05) is 30.3 Å². The van der Waals surface area contributed by atoms with Crippen molar-refractivity contribution in [1.29, 1.82) is 0 Å². The third kappa shape index (κ3) is 1.78. The summed E-state index contributed by atoms with van der Waals surface area (Å²) in [6.45, 7) is 0.954. The van der Waals surface area contributed by atoms with Crippen LogP contribution in [0.25, 0.3) is 0 Å². The van der Waals surface area contributed by atoms with Crippen LogP contribution in [0, 0.1) is 5.92 Å². The van der Waals surface area contributed by atoms with Crippen molar-refractivity contribution in [2.24, 2.45) is 5.92 Å². The third-order valence-electron chi connectivity index (χ3n) is 3.72. The standard InChI is InChI=1S/C13H15NO3/c15-12-6-11-10(12)7-14(11)13(16)17-8-9-4-2-1-3-5-9/h1-5,10-12,15H,6-8H2. The lowest BCUT2D eigenvalue weighted by Gasteiger charge is -2.57. The molecule has 0 bridgehead atoms. The summed E-state index contributed by atoms with van der Waals surface area (Å²) in [5.41, 5.74) is 0.992. The Labute approximate surface area is 99.8 Å². The first-order chi connectivity index (χ1) is 8.25. The maximum absolute atomic E-state index is 11.7. The molecule has 1 N–H and O–H groups in total. The number of aliphatic hydroxyl groups is 1. The minimum atomic E-state index is -0.262. The molecule has 3 rings (SSSR count). The predicted molar refractivity (Wildman–Crippen MR) is 61.2 cm³/mol. The van der Waals surface area contributed by atoms with Gasteiger partial charge in [-0.2, -0.15) is 0 Å². The molecule has 4 nitrogen and oxygen atoms in total. The van der Waals surface area contributed by atoms with E-state index in [2.05, 4.69) is 0 Å². The summed E-state index contributed by atoms with van der Waals surface area (Å²) in [5.74, 6) is 0.291. The molecule has 2 fully saturated rings. The molecule has 0 radical (unpaired) electrons. The van der Waals surface area contributed by atoms with Crippen LogP contribution in [0.2, 0.25) is 0 Å². The van der Waals surface area contributed by atoms with E-state index >= 15 is 0 Å². The van der Waals surface area contributed by atoms with Crippen molar-refractivity contribution in [2.75, 3.05) is 6.54 Å². The highest BCUT2D eigenvalue weighted by Gasteiger charge is 2.54. The lowest BCUT2D eigenvalue weighted by atomic mass is 9.69. The normalized spacial score (nSPS) is 29.9. The maximum Gasteiger partial charge on any atom is 0.410 e. The summed E-state index contributed by atoms with van der Waals surface area (Å²) < 4.78 is 5.23. The number of carbonyl (C=O) groups is 1. The fourth-order valence-electron chi connectivity index (χ4n) is 2.50. The summed E-state index contributed by atoms with van der Waals surface area (Å²) in [5, 5.41) is 9.37. The molecular weight excluding hydrogens is 218 g/mol. The molecule has 90 valence electrons. The van der Waals surface area contributed by atoms with Crippen molar-refractivity contribution in [3.8, 4) is 0 Å². The van der Waals surface area contributed by atoms with Crippen molar-refractivity contribution in [2.45, 2.75) is 25.2 Å². The van der Waals surface area contributed by atoms with Crippen LogP contribution < -0.4 is 0 Å². The van der Waals surface area contributed by atoms with Gasteiger partial charge in [0.05, 0.1) is 6.10 Å². The highest BCUT2D eigenvalue weighted by atomic mass is 16.6. The van der Waals surface area contributed by atoms with Gasteiger partial charge in [-0.1, -0.05) is 30.3 Å². The van der Waals surface area contributed by atoms with Gasteiger partial charge in [-0.15, -0.1) is 0 Å². The van der Waals surface area contributed by atoms with E-state index in [1.165, 1.54) is 0 Å². The lowest BCUT2D eigenvalue weighted by Crippen LogP contribution is -2.70. The van der Waals surface area contributed by atoms with Crippen LogP contribution >= 0.6 is 0 Å². The molecule has 2 aliphatic rings. The number of carbonyl (C=O) groups excluding carboxylic acids is 1. The Bertz CT molecular complexity index is 420. The van der Waals surface area contributed by atoms with Gasteiger partial charge in [0.15, 0.2) is 0 Å². The molecule has 1 aromatic carbocycles. The van der Waals surface area contributed by atoms with Crippen LogP contribution in [0.4, 0.5) is 4.79 Å². The third-order valence-corrected chi connectivity index (χ3v) is 3.72. The molecule has 1 aliphatic carbocycles. The highest BCUT2D eigenvalue weighted by molar-refractivity contribution is 5.69. The molecule has 3 atom stereocenters. The van der Waals surface area contributed by atoms with Gasteiger partial charge in [0, 0.05) is 18.5 Å². The Kier molecular flexibility index (Phi) is 2.52. The number of hydrogen-bond acceptors (Lipinski definition) is 3. The number of hydrogen-bond donors (Lipinski definition) is 1. The number of fused-ring (bicyclic) bond motifs is 1. The number of benzene rings is 1. The van der Waals surface area contributed by atoms with Crippen LogP contribution in [0.1, 0.15) is 12.0 Å². The van der Waals surface area contributed by atoms with E-state index in [0.29, 0.717) is 25.5 Å². The largest absolute Gasteiger partial charge is 0.445 e. The number of aliphatic hydroxyl groups excluding tert-OH is 1. The zero-order valence-electron chi connectivity index (χ0n) is 9.45. The maximum atomic E-state index is 11.7. The summed E-state index contributed by atoms with van der Waals surface area (Å²) in [6.07, 6.45) is 0.227. The molecule has 1 aromatic rings. The second-order valence-electron chi connectivity index (χ2n) is 4.73. The first kappa shape index (κ1) is 10.6. The van der Waals surface area contributed by atoms with Crippen molar-refractivity contribution < 1.29 is 14.6 Å². The topological polar surface area (TPSA) is 49.8 Å². The molecule has 1 amide bonds. The van der Waals surface area contributed by atoms with Crippen molar-refractivity contribution in [3.05, 3.63) is 35.9 Å². The summed E-state index contributed by atoms with van der Waals surface area (Å²) in [7, 11) is 0. The van der Waals surface area contributed by atoms with E-state index in [9.17, 15) is 9.90 Å². The van der Waals surface area contributed by atoms with Gasteiger partial charge in [0.1, 0.15) is 6.61 Å². The number of rotatable bonds is 2. The molecule has 0 aromatic heterocycles. The summed E-state index contributed by atoms with van der Waals surface area (Å²) in [4.78, 5) is 13.4. The van der Waals surface area contributed by atoms with Crippen molar-refractivity contribution in [3.63, 3.8) is 0 Å². The van der Waals surface area contributed by atoms with Crippen LogP contribution in [-0.4, -0.2) is 34.8 Å². The number of nitrogens with zero attached hydrogens (tertiary/aromatic N) is 1. The second kappa shape index (κ2) is 4.04. The Hall–Kier alpha value is -1.55. The SMILES string of the molecule is O=C(OCc1ccccc1)N1CC2C(O)CC21. The predicted octanol–water partition coefficient (Wildman–Crippen LogP) is 1.39. The average molecular weight is 233 g/mol. The lowest BCUT2D eigenvalue weighted by molar-refractivity contribution is -0.137. The monoisotopic (exact) mass is 233 g/mol. The van der Waals surface area contributed by atoms with Gasteiger partial charge in [-0.3, -0.25) is 0 Å². The van der Waals surface area contributed by atoms with Gasteiger partial charge in [0.25, 0.3) is 0 Å². The average Bonchev–Trinajstić information content (AvgIpc) is 2.34. The van der Waals surface area contributed by atoms with Gasteiger partial charge in [-0.05, 0) is 12.0 Å². The Morgan fingerprint density at radius 1 is 1.41 bits per heavy atom. The molecule has 0 spiro atoms. The molecule has 1 heterocycles. The summed E-state index contributed by atoms with van der Waals surface area (Å²) >= 11 is 0. The van der Waals surface area contributed by atoms with Crippen LogP contribution in [0.3, 0.4) is 0 Å². The van der Waals surface area contributed by atoms with Gasteiger partial charge in [0.2, 0.25) is 0 Å². The molecule has 1 saturated carbocycles. The van der Waals surface area contributed by atoms with E-state index in [4.69, 9.17) is 4.74 Å². The van der Waals surface area contributed by atoms with E-state index in [0.717, 1.165) is 5.56 Å². The van der Waals surface area contributed by atoms with E-state index < -0.39 is 0 Å². The minimum Gasteiger partial charge on any atom is -0.445 e. The molecule has 4 heteroatoms. The zero-order chi connectivity index (χ0) is 11.8. The number of amides is 1. The Morgan fingerprint density at radius 2 is 2.18 bits per heavy atom. The van der Waals surface area contributed by atoms with Crippen molar-refractivity contribution in [1.82, 2.24) is 4.90 Å². The van der Waals surface area contributed by atoms with E-state index in [1.54, 1.807) is 4.90 Å². The molecule has 1 saturated heterocycles. The minimum absolute atomic E-state index is 0.210. The fourth-order valence-corrected chi connectivity index (χ4v) is 2.50. The highest BCUT2D eigenvalue weighted by Crippen LogP contribution is 2.42. The zero-order valence-corrected chi connectivity index (χ0v) is 9.45. The number of likely N-dealkylation sites (tertiary alicyclic amines) is 1. The molecular formula is C13H15NO3. The van der Waals surface area contributed by atoms with Crippen LogP contribution in [0.15, 0.2) is 30.3 Å². The molecule has 17 heavy (non-hydrogen) atoms. The summed E-state index contributed by atoms with van der Waals surface area (Å²) in [6, 6.07) is 9.85. The second-order valence-corrected chi connectivity index (χ2v) is 4.73. The fraction of sp³-hybridized carbons (Fsp3) is 0.462. The van der Waals surface area contributed by atoms with Gasteiger partial charge in [-0.25, -0.2) is 4.79 Å². The van der Waals surface area contributed by atoms with Gasteiger partial charge >= 0.3 is 6.09 Å². The quantitative estimate of drug-likeness (QED) is 0.839. The van der Waals surface area contributed by atoms with Crippen LogP contribution in [-0.2, 0) is 11.3 Å². The van der Waals surface area contributed by atoms with Gasteiger partial charge < -0.3 is 14.7 Å². The Morgan fingerprint density at radius 3 is 2.76 bits per heavy atom. The molecule has 3 unspecified atom stereocenters.